The van der Waals surface area contributed by atoms with Crippen molar-refractivity contribution in [3.8, 4) is 15.6 Å². The third-order valence-electron chi connectivity index (χ3n) is 5.34. The number of ketones is 1. The molecule has 0 radical (unpaired) electrons. The van der Waals surface area contributed by atoms with Crippen molar-refractivity contribution in [2.24, 2.45) is 5.92 Å². The van der Waals surface area contributed by atoms with E-state index in [0.717, 1.165) is 42.2 Å². The van der Waals surface area contributed by atoms with Crippen molar-refractivity contribution in [3.05, 3.63) is 41.9 Å². The van der Waals surface area contributed by atoms with Crippen molar-refractivity contribution < 1.29 is 14.1 Å². The average Bonchev–Trinajstić information content (AvgIpc) is 3.43. The van der Waals surface area contributed by atoms with E-state index >= 15 is 0 Å². The zero-order valence-electron chi connectivity index (χ0n) is 17.5. The van der Waals surface area contributed by atoms with Gasteiger partial charge in [0.15, 0.2) is 11.6 Å². The average molecular weight is 427 g/mol. The molecule has 7 nitrogen and oxygen atoms in total. The topological polar surface area (TPSA) is 81.4 Å². The minimum Gasteiger partial charge on any atom is -0.470 e. The summed E-state index contributed by atoms with van der Waals surface area (Å²) in [5.74, 6) is 1.57. The first-order chi connectivity index (χ1) is 14.5. The van der Waals surface area contributed by atoms with Crippen LogP contribution in [0.15, 0.2) is 35.0 Å². The minimum atomic E-state index is 0.0698. The maximum atomic E-state index is 11.4. The van der Waals surface area contributed by atoms with Gasteiger partial charge < -0.3 is 14.2 Å². The molecule has 1 aliphatic rings. The summed E-state index contributed by atoms with van der Waals surface area (Å²) >= 11 is 1.53. The van der Waals surface area contributed by atoms with Crippen LogP contribution in [0.5, 0.6) is 5.19 Å². The Morgan fingerprint density at radius 3 is 2.63 bits per heavy atom. The van der Waals surface area contributed by atoms with Gasteiger partial charge in [-0.05, 0) is 31.2 Å². The Kier molecular flexibility index (Phi) is 6.13. The minimum absolute atomic E-state index is 0.0698. The lowest BCUT2D eigenvalue weighted by atomic mass is 9.98. The fourth-order valence-electron chi connectivity index (χ4n) is 3.40. The smallest absolute Gasteiger partial charge is 0.324 e. The SMILES string of the molecule is CC(=O)c1ccc(-c2cnc(OCC3CCN(c4nc(C(C)C)no4)CC3)s2)cc1. The number of anilines is 1. The van der Waals surface area contributed by atoms with Gasteiger partial charge in [0.25, 0.3) is 5.19 Å². The second kappa shape index (κ2) is 8.95. The van der Waals surface area contributed by atoms with Crippen molar-refractivity contribution >= 4 is 23.1 Å². The number of rotatable bonds is 7. The lowest BCUT2D eigenvalue weighted by molar-refractivity contribution is 0.101. The van der Waals surface area contributed by atoms with E-state index in [1.807, 2.05) is 30.5 Å². The standard InChI is InChI=1S/C22H26N4O3S/c1-14(2)20-24-21(29-25-20)26-10-8-16(9-11-26)13-28-22-23-12-19(30-22)18-6-4-17(5-7-18)15(3)27/h4-7,12,14,16H,8-11,13H2,1-3H3. The Morgan fingerprint density at radius 2 is 2.00 bits per heavy atom. The second-order valence-corrected chi connectivity index (χ2v) is 8.95. The first-order valence-corrected chi connectivity index (χ1v) is 11.1. The Balaban J connectivity index is 1.27. The molecule has 8 heteroatoms. The van der Waals surface area contributed by atoms with E-state index in [1.54, 1.807) is 6.92 Å². The number of thiazole rings is 1. The van der Waals surface area contributed by atoms with Crippen LogP contribution in [0.3, 0.4) is 0 Å². The summed E-state index contributed by atoms with van der Waals surface area (Å²) in [6.07, 6.45) is 3.86. The zero-order chi connectivity index (χ0) is 21.1. The second-order valence-electron chi connectivity index (χ2n) is 7.96. The number of Topliss-reactive ketones (excluding diaryl/α,β-unsaturated/α-hetero) is 1. The fourth-order valence-corrected chi connectivity index (χ4v) is 4.18. The van der Waals surface area contributed by atoms with Gasteiger partial charge in [0.05, 0.1) is 11.5 Å². The van der Waals surface area contributed by atoms with Crippen molar-refractivity contribution in [2.45, 2.75) is 39.5 Å². The quantitative estimate of drug-likeness (QED) is 0.501. The van der Waals surface area contributed by atoms with Crippen LogP contribution in [-0.4, -0.2) is 40.6 Å². The molecule has 0 atom stereocenters. The molecule has 1 saturated heterocycles. The Bertz CT molecular complexity index is 988. The van der Waals surface area contributed by atoms with Crippen molar-refractivity contribution in [1.29, 1.82) is 0 Å². The van der Waals surface area contributed by atoms with Crippen LogP contribution in [0.4, 0.5) is 6.01 Å². The molecule has 1 aromatic carbocycles. The fraction of sp³-hybridized carbons (Fsp3) is 0.455. The number of nitrogens with zero attached hydrogens (tertiary/aromatic N) is 4. The summed E-state index contributed by atoms with van der Waals surface area (Å²) in [6.45, 7) is 8.12. The first-order valence-electron chi connectivity index (χ1n) is 10.3. The van der Waals surface area contributed by atoms with Gasteiger partial charge in [-0.1, -0.05) is 54.6 Å². The number of hydrogen-bond acceptors (Lipinski definition) is 8. The predicted octanol–water partition coefficient (Wildman–Crippen LogP) is 4.81. The summed E-state index contributed by atoms with van der Waals surface area (Å²) in [6, 6.07) is 8.22. The van der Waals surface area contributed by atoms with E-state index in [0.29, 0.717) is 29.3 Å². The molecule has 2 aromatic heterocycles. The normalized spacial score (nSPS) is 15.0. The summed E-state index contributed by atoms with van der Waals surface area (Å²) in [5.41, 5.74) is 1.76. The molecule has 0 bridgehead atoms. The van der Waals surface area contributed by atoms with Crippen molar-refractivity contribution in [2.75, 3.05) is 24.6 Å². The van der Waals surface area contributed by atoms with Gasteiger partial charge in [-0.2, -0.15) is 4.98 Å². The molecule has 4 rings (SSSR count). The first kappa shape index (κ1) is 20.5. The van der Waals surface area contributed by atoms with Gasteiger partial charge >= 0.3 is 6.01 Å². The zero-order valence-corrected chi connectivity index (χ0v) is 18.3. The molecule has 158 valence electrons. The Hall–Kier alpha value is -2.74. The van der Waals surface area contributed by atoms with Gasteiger partial charge in [0.1, 0.15) is 0 Å². The molecule has 0 saturated carbocycles. The lowest BCUT2D eigenvalue weighted by Gasteiger charge is -2.30. The predicted molar refractivity (Wildman–Crippen MR) is 116 cm³/mol. The molecule has 1 fully saturated rings. The van der Waals surface area contributed by atoms with Crippen molar-refractivity contribution in [1.82, 2.24) is 15.1 Å². The van der Waals surface area contributed by atoms with Gasteiger partial charge in [0.2, 0.25) is 0 Å². The molecule has 0 unspecified atom stereocenters. The van der Waals surface area contributed by atoms with E-state index in [4.69, 9.17) is 9.26 Å². The van der Waals surface area contributed by atoms with Crippen LogP contribution in [-0.2, 0) is 0 Å². The van der Waals surface area contributed by atoms with E-state index in [-0.39, 0.29) is 11.7 Å². The molecular weight excluding hydrogens is 400 g/mol. The third-order valence-corrected chi connectivity index (χ3v) is 6.29. The van der Waals surface area contributed by atoms with E-state index in [9.17, 15) is 4.79 Å². The number of carbonyl (C=O) groups excluding carboxylic acids is 1. The van der Waals surface area contributed by atoms with Crippen LogP contribution in [0, 0.1) is 5.92 Å². The summed E-state index contributed by atoms with van der Waals surface area (Å²) < 4.78 is 11.4. The molecule has 0 spiro atoms. The molecule has 30 heavy (non-hydrogen) atoms. The van der Waals surface area contributed by atoms with Gasteiger partial charge in [0, 0.05) is 30.8 Å². The highest BCUT2D eigenvalue weighted by atomic mass is 32.1. The van der Waals surface area contributed by atoms with Gasteiger partial charge in [-0.25, -0.2) is 4.98 Å². The maximum Gasteiger partial charge on any atom is 0.324 e. The number of carbonyl (C=O) groups is 1. The summed E-state index contributed by atoms with van der Waals surface area (Å²) in [5, 5.41) is 4.73. The van der Waals surface area contributed by atoms with Gasteiger partial charge in [-0.15, -0.1) is 0 Å². The number of piperidine rings is 1. The molecule has 0 amide bonds. The van der Waals surface area contributed by atoms with Crippen LogP contribution in [0.25, 0.3) is 10.4 Å². The maximum absolute atomic E-state index is 11.4. The van der Waals surface area contributed by atoms with Crippen LogP contribution < -0.4 is 9.64 Å². The largest absolute Gasteiger partial charge is 0.470 e. The number of hydrogen-bond donors (Lipinski definition) is 0. The number of benzene rings is 1. The third kappa shape index (κ3) is 4.70. The molecule has 0 N–H and O–H groups in total. The van der Waals surface area contributed by atoms with E-state index in [2.05, 4.69) is 33.9 Å². The monoisotopic (exact) mass is 426 g/mol. The highest BCUT2D eigenvalue weighted by Gasteiger charge is 2.24. The van der Waals surface area contributed by atoms with Crippen LogP contribution >= 0.6 is 11.3 Å². The van der Waals surface area contributed by atoms with E-state index in [1.165, 1.54) is 11.3 Å². The number of ether oxygens (including phenoxy) is 1. The molecular formula is C22H26N4O3S. The highest BCUT2D eigenvalue weighted by Crippen LogP contribution is 2.31. The lowest BCUT2D eigenvalue weighted by Crippen LogP contribution is -2.35. The molecule has 1 aliphatic heterocycles. The van der Waals surface area contributed by atoms with Crippen LogP contribution in [0.1, 0.15) is 55.7 Å². The van der Waals surface area contributed by atoms with Gasteiger partial charge in [-0.3, -0.25) is 4.79 Å². The highest BCUT2D eigenvalue weighted by molar-refractivity contribution is 7.16. The summed E-state index contributed by atoms with van der Waals surface area (Å²) in [7, 11) is 0. The molecule has 3 heterocycles. The molecule has 0 aliphatic carbocycles. The Labute approximate surface area is 180 Å². The molecule has 3 aromatic rings. The number of aromatic nitrogens is 3. The van der Waals surface area contributed by atoms with Crippen LogP contribution in [0.2, 0.25) is 0 Å². The summed E-state index contributed by atoms with van der Waals surface area (Å²) in [4.78, 5) is 23.5. The van der Waals surface area contributed by atoms with Crippen molar-refractivity contribution in [3.63, 3.8) is 0 Å². The van der Waals surface area contributed by atoms with E-state index < -0.39 is 0 Å². The Morgan fingerprint density at radius 1 is 1.27 bits per heavy atom.